The average Bonchev–Trinajstić information content (AvgIpc) is 2.55. The van der Waals surface area contributed by atoms with Crippen LogP contribution in [0.4, 0.5) is 4.39 Å². The molecule has 0 atom stereocenters. The maximum absolute atomic E-state index is 13.7. The number of aliphatic hydroxyl groups is 1. The number of aliphatic hydroxyl groups excluding tert-OH is 1. The topological polar surface area (TPSA) is 38.7 Å². The van der Waals surface area contributed by atoms with Crippen molar-refractivity contribution in [2.45, 2.75) is 25.7 Å². The fourth-order valence-corrected chi connectivity index (χ4v) is 1.84. The van der Waals surface area contributed by atoms with Crippen molar-refractivity contribution >= 4 is 0 Å². The molecule has 0 aromatic heterocycles. The van der Waals surface area contributed by atoms with Gasteiger partial charge in [-0.05, 0) is 6.07 Å². The Labute approximate surface area is 100 Å². The lowest BCUT2D eigenvalue weighted by atomic mass is 9.84. The Morgan fingerprint density at radius 3 is 2.53 bits per heavy atom. The molecule has 0 fully saturated rings. The average molecular weight is 240 g/mol. The maximum atomic E-state index is 13.7. The molecule has 1 aliphatic heterocycles. The fraction of sp³-hybridized carbons (Fsp3) is 0.538. The van der Waals surface area contributed by atoms with Crippen LogP contribution in [0, 0.1) is 5.82 Å². The zero-order valence-corrected chi connectivity index (χ0v) is 10.1. The van der Waals surface area contributed by atoms with E-state index in [1.165, 1.54) is 6.07 Å². The van der Waals surface area contributed by atoms with E-state index in [1.807, 2.05) is 13.8 Å². The summed E-state index contributed by atoms with van der Waals surface area (Å²) < 4.78 is 24.6. The van der Waals surface area contributed by atoms with Gasteiger partial charge in [0.1, 0.15) is 0 Å². The van der Waals surface area contributed by atoms with Crippen molar-refractivity contribution in [3.8, 4) is 11.5 Å². The Balaban J connectivity index is 2.54. The van der Waals surface area contributed by atoms with Gasteiger partial charge in [0.15, 0.2) is 17.3 Å². The summed E-state index contributed by atoms with van der Waals surface area (Å²) in [5, 5.41) is 9.40. The summed E-state index contributed by atoms with van der Waals surface area (Å²) in [6.07, 6.45) is 0.729. The van der Waals surface area contributed by atoms with Crippen molar-refractivity contribution in [3.63, 3.8) is 0 Å². The van der Waals surface area contributed by atoms with Gasteiger partial charge in [0.2, 0.25) is 0 Å². The number of ether oxygens (including phenoxy) is 2. The lowest BCUT2D eigenvalue weighted by molar-refractivity contribution is 0.212. The molecule has 2 rings (SSSR count). The summed E-state index contributed by atoms with van der Waals surface area (Å²) in [6.45, 7) is 4.69. The van der Waals surface area contributed by atoms with Crippen LogP contribution in [-0.4, -0.2) is 24.9 Å². The first-order chi connectivity index (χ1) is 8.06. The predicted molar refractivity (Wildman–Crippen MR) is 62.1 cm³/mol. The second-order valence-corrected chi connectivity index (χ2v) is 4.85. The zero-order chi connectivity index (χ0) is 12.5. The van der Waals surface area contributed by atoms with Crippen LogP contribution >= 0.6 is 0 Å². The van der Waals surface area contributed by atoms with E-state index in [0.717, 1.165) is 12.0 Å². The van der Waals surface area contributed by atoms with E-state index < -0.39 is 11.2 Å². The lowest BCUT2D eigenvalue weighted by Crippen LogP contribution is -2.23. The van der Waals surface area contributed by atoms with Gasteiger partial charge in [0, 0.05) is 17.4 Å². The Kier molecular flexibility index (Phi) is 3.24. The quantitative estimate of drug-likeness (QED) is 0.861. The van der Waals surface area contributed by atoms with Gasteiger partial charge in [-0.15, -0.1) is 0 Å². The highest BCUT2D eigenvalue weighted by atomic mass is 19.1. The van der Waals surface area contributed by atoms with Crippen LogP contribution in [0.5, 0.6) is 11.5 Å². The van der Waals surface area contributed by atoms with E-state index in [2.05, 4.69) is 0 Å². The van der Waals surface area contributed by atoms with Crippen LogP contribution in [0.1, 0.15) is 25.8 Å². The predicted octanol–water partition coefficient (Wildman–Crippen LogP) is 2.26. The number of hydrogen-bond donors (Lipinski definition) is 1. The molecular formula is C13H17FO3. The van der Waals surface area contributed by atoms with E-state index in [9.17, 15) is 9.50 Å². The molecule has 1 aromatic rings. The Morgan fingerprint density at radius 2 is 1.88 bits per heavy atom. The first-order valence-electron chi connectivity index (χ1n) is 5.76. The first-order valence-corrected chi connectivity index (χ1v) is 5.76. The van der Waals surface area contributed by atoms with Crippen LogP contribution in [0.3, 0.4) is 0 Å². The molecule has 0 radical (unpaired) electrons. The molecule has 0 aliphatic carbocycles. The minimum atomic E-state index is -0.481. The standard InChI is InChI=1S/C13H17FO3/c1-13(2,8-15)9-4-5-10(14)12-11(9)16-6-3-7-17-12/h4-5,15H,3,6-8H2,1-2H3. The summed E-state index contributed by atoms with van der Waals surface area (Å²) in [6, 6.07) is 3.01. The van der Waals surface area contributed by atoms with Gasteiger partial charge in [-0.25, -0.2) is 4.39 Å². The molecule has 0 bridgehead atoms. The maximum Gasteiger partial charge on any atom is 0.197 e. The summed E-state index contributed by atoms with van der Waals surface area (Å²) in [5.74, 6) is 0.183. The Morgan fingerprint density at radius 1 is 1.24 bits per heavy atom. The molecule has 0 saturated carbocycles. The third kappa shape index (κ3) is 2.22. The van der Waals surface area contributed by atoms with Crippen molar-refractivity contribution in [3.05, 3.63) is 23.5 Å². The van der Waals surface area contributed by atoms with Crippen molar-refractivity contribution in [2.75, 3.05) is 19.8 Å². The highest BCUT2D eigenvalue weighted by Gasteiger charge is 2.28. The van der Waals surface area contributed by atoms with Crippen molar-refractivity contribution < 1.29 is 19.0 Å². The van der Waals surface area contributed by atoms with Crippen molar-refractivity contribution in [1.82, 2.24) is 0 Å². The van der Waals surface area contributed by atoms with E-state index in [1.54, 1.807) is 6.07 Å². The van der Waals surface area contributed by atoms with Gasteiger partial charge in [-0.2, -0.15) is 0 Å². The number of hydrogen-bond acceptors (Lipinski definition) is 3. The molecular weight excluding hydrogens is 223 g/mol. The smallest absolute Gasteiger partial charge is 0.197 e. The molecule has 1 heterocycles. The monoisotopic (exact) mass is 240 g/mol. The second-order valence-electron chi connectivity index (χ2n) is 4.85. The number of benzene rings is 1. The van der Waals surface area contributed by atoms with Gasteiger partial charge < -0.3 is 14.6 Å². The number of rotatable bonds is 2. The zero-order valence-electron chi connectivity index (χ0n) is 10.1. The van der Waals surface area contributed by atoms with Crippen LogP contribution < -0.4 is 9.47 Å². The highest BCUT2D eigenvalue weighted by molar-refractivity contribution is 5.51. The molecule has 1 aliphatic rings. The highest BCUT2D eigenvalue weighted by Crippen LogP contribution is 2.41. The minimum absolute atomic E-state index is 0.0333. The lowest BCUT2D eigenvalue weighted by Gasteiger charge is -2.25. The fourth-order valence-electron chi connectivity index (χ4n) is 1.84. The second kappa shape index (κ2) is 4.53. The summed E-state index contributed by atoms with van der Waals surface area (Å²) in [4.78, 5) is 0. The van der Waals surface area contributed by atoms with Gasteiger partial charge >= 0.3 is 0 Å². The third-order valence-corrected chi connectivity index (χ3v) is 2.97. The van der Waals surface area contributed by atoms with E-state index in [4.69, 9.17) is 9.47 Å². The minimum Gasteiger partial charge on any atom is -0.489 e. The summed E-state index contributed by atoms with van der Waals surface area (Å²) in [5.41, 5.74) is 0.296. The van der Waals surface area contributed by atoms with Crippen molar-refractivity contribution in [1.29, 1.82) is 0 Å². The Bertz CT molecular complexity index is 415. The van der Waals surface area contributed by atoms with E-state index in [0.29, 0.717) is 19.0 Å². The SMILES string of the molecule is CC(C)(CO)c1ccc(F)c2c1OCCCO2. The molecule has 1 N–H and O–H groups in total. The molecule has 3 nitrogen and oxygen atoms in total. The summed E-state index contributed by atoms with van der Waals surface area (Å²) in [7, 11) is 0. The molecule has 0 unspecified atom stereocenters. The summed E-state index contributed by atoms with van der Waals surface area (Å²) >= 11 is 0. The van der Waals surface area contributed by atoms with Gasteiger partial charge in [-0.1, -0.05) is 19.9 Å². The molecule has 4 heteroatoms. The Hall–Kier alpha value is -1.29. The van der Waals surface area contributed by atoms with E-state index in [-0.39, 0.29) is 12.4 Å². The van der Waals surface area contributed by atoms with Crippen LogP contribution in [0.2, 0.25) is 0 Å². The van der Waals surface area contributed by atoms with E-state index >= 15 is 0 Å². The largest absolute Gasteiger partial charge is 0.489 e. The first kappa shape index (κ1) is 12.2. The van der Waals surface area contributed by atoms with Crippen LogP contribution in [-0.2, 0) is 5.41 Å². The molecule has 0 spiro atoms. The normalized spacial score (nSPS) is 15.5. The molecule has 17 heavy (non-hydrogen) atoms. The number of fused-ring (bicyclic) bond motifs is 1. The van der Waals surface area contributed by atoms with Gasteiger partial charge in [0.05, 0.1) is 19.8 Å². The molecule has 1 aromatic carbocycles. The molecule has 0 saturated heterocycles. The van der Waals surface area contributed by atoms with Crippen LogP contribution in [0.15, 0.2) is 12.1 Å². The third-order valence-electron chi connectivity index (χ3n) is 2.97. The van der Waals surface area contributed by atoms with Gasteiger partial charge in [0.25, 0.3) is 0 Å². The van der Waals surface area contributed by atoms with Crippen LogP contribution in [0.25, 0.3) is 0 Å². The number of halogens is 1. The van der Waals surface area contributed by atoms with Crippen molar-refractivity contribution in [2.24, 2.45) is 0 Å². The van der Waals surface area contributed by atoms with Gasteiger partial charge in [-0.3, -0.25) is 0 Å². The molecule has 0 amide bonds. The molecule has 94 valence electrons.